The van der Waals surface area contributed by atoms with E-state index in [1.807, 2.05) is 30.0 Å². The molecule has 4 heteroatoms. The second-order valence-electron chi connectivity index (χ2n) is 5.67. The highest BCUT2D eigenvalue weighted by Crippen LogP contribution is 2.42. The molecule has 2 aliphatic heterocycles. The summed E-state index contributed by atoms with van der Waals surface area (Å²) in [5, 5.41) is 1.09. The summed E-state index contributed by atoms with van der Waals surface area (Å²) in [7, 11) is 2.09. The Hall–Kier alpha value is -1.94. The minimum atomic E-state index is 0.215. The van der Waals surface area contributed by atoms with Gasteiger partial charge in [0.05, 0.1) is 12.6 Å². The number of hydrogen-bond donors (Lipinski definition) is 0. The lowest BCUT2D eigenvalue weighted by Gasteiger charge is -2.36. The Kier molecular flexibility index (Phi) is 3.54. The summed E-state index contributed by atoms with van der Waals surface area (Å²) in [6, 6.07) is 18.9. The third-order valence-corrected chi connectivity index (χ3v) is 5.48. The Bertz CT molecular complexity index is 701. The van der Waals surface area contributed by atoms with E-state index in [0.29, 0.717) is 5.92 Å². The van der Waals surface area contributed by atoms with E-state index in [9.17, 15) is 0 Å². The van der Waals surface area contributed by atoms with Crippen molar-refractivity contribution in [3.05, 3.63) is 60.2 Å². The van der Waals surface area contributed by atoms with Crippen LogP contribution >= 0.6 is 11.8 Å². The minimum Gasteiger partial charge on any atom is -0.493 e. The summed E-state index contributed by atoms with van der Waals surface area (Å²) in [6.07, 6.45) is 0. The Morgan fingerprint density at radius 2 is 1.86 bits per heavy atom. The summed E-state index contributed by atoms with van der Waals surface area (Å²) in [4.78, 5) is 7.23. The normalized spacial score (nSPS) is 22.9. The number of rotatable bonds is 1. The highest BCUT2D eigenvalue weighted by atomic mass is 32.2. The van der Waals surface area contributed by atoms with E-state index in [0.717, 1.165) is 23.3 Å². The molecule has 4 rings (SSSR count). The number of anilines is 1. The number of benzene rings is 2. The van der Waals surface area contributed by atoms with Gasteiger partial charge in [0.2, 0.25) is 0 Å². The molecule has 0 aromatic heterocycles. The van der Waals surface area contributed by atoms with Crippen LogP contribution in [0.2, 0.25) is 0 Å². The largest absolute Gasteiger partial charge is 0.493 e. The number of para-hydroxylation sites is 2. The number of fused-ring (bicyclic) bond motifs is 3. The second kappa shape index (κ2) is 5.69. The van der Waals surface area contributed by atoms with Gasteiger partial charge in [-0.1, -0.05) is 48.2 Å². The monoisotopic (exact) mass is 310 g/mol. The Morgan fingerprint density at radius 3 is 2.73 bits per heavy atom. The molecule has 2 atom stereocenters. The van der Waals surface area contributed by atoms with Crippen LogP contribution in [-0.4, -0.2) is 24.6 Å². The number of hydrogen-bond acceptors (Lipinski definition) is 4. The fraction of sp³-hybridized carbons (Fsp3) is 0.278. The zero-order chi connectivity index (χ0) is 14.9. The van der Waals surface area contributed by atoms with Gasteiger partial charge in [0.25, 0.3) is 0 Å². The van der Waals surface area contributed by atoms with Crippen molar-refractivity contribution in [2.45, 2.75) is 6.04 Å². The van der Waals surface area contributed by atoms with Crippen molar-refractivity contribution in [3.8, 4) is 5.75 Å². The molecule has 2 aromatic carbocycles. The molecule has 0 spiro atoms. The molecule has 2 aliphatic rings. The number of aliphatic imine (C=N–C) groups is 1. The van der Waals surface area contributed by atoms with Crippen LogP contribution in [0.1, 0.15) is 11.6 Å². The maximum Gasteiger partial charge on any atom is 0.164 e. The molecule has 0 saturated heterocycles. The van der Waals surface area contributed by atoms with Gasteiger partial charge in [-0.15, -0.1) is 0 Å². The van der Waals surface area contributed by atoms with E-state index >= 15 is 0 Å². The molecule has 0 fully saturated rings. The molecule has 0 amide bonds. The maximum atomic E-state index is 5.88. The number of amidine groups is 1. The van der Waals surface area contributed by atoms with Gasteiger partial charge in [0.15, 0.2) is 5.17 Å². The van der Waals surface area contributed by atoms with Gasteiger partial charge < -0.3 is 9.64 Å². The zero-order valence-electron chi connectivity index (χ0n) is 12.5. The first kappa shape index (κ1) is 13.7. The molecule has 112 valence electrons. The SMILES string of the molecule is CN(C1=N[C@H]2c3ccccc3OC[C@@H]2CS1)c1ccccc1. The van der Waals surface area contributed by atoms with Crippen LogP contribution in [0, 0.1) is 5.92 Å². The minimum absolute atomic E-state index is 0.215. The van der Waals surface area contributed by atoms with Crippen LogP contribution in [0.5, 0.6) is 5.75 Å². The van der Waals surface area contributed by atoms with Crippen LogP contribution in [0.15, 0.2) is 59.6 Å². The molecule has 22 heavy (non-hydrogen) atoms. The molecular weight excluding hydrogens is 292 g/mol. The van der Waals surface area contributed by atoms with E-state index in [2.05, 4.69) is 48.3 Å². The van der Waals surface area contributed by atoms with Crippen molar-refractivity contribution >= 4 is 22.6 Å². The van der Waals surface area contributed by atoms with E-state index in [1.54, 1.807) is 0 Å². The van der Waals surface area contributed by atoms with Gasteiger partial charge >= 0.3 is 0 Å². The fourth-order valence-corrected chi connectivity index (χ4v) is 4.12. The number of thioether (sulfide) groups is 1. The van der Waals surface area contributed by atoms with Gasteiger partial charge in [0.1, 0.15) is 5.75 Å². The average Bonchev–Trinajstić information content (AvgIpc) is 2.61. The van der Waals surface area contributed by atoms with Gasteiger partial charge in [-0.2, -0.15) is 0 Å². The molecule has 3 nitrogen and oxygen atoms in total. The van der Waals surface area contributed by atoms with Crippen molar-refractivity contribution < 1.29 is 4.74 Å². The smallest absolute Gasteiger partial charge is 0.164 e. The van der Waals surface area contributed by atoms with E-state index < -0.39 is 0 Å². The summed E-state index contributed by atoms with van der Waals surface area (Å²) in [5.41, 5.74) is 2.39. The predicted octanol–water partition coefficient (Wildman–Crippen LogP) is 3.98. The Balaban J connectivity index is 1.68. The summed E-state index contributed by atoms with van der Waals surface area (Å²) >= 11 is 1.82. The van der Waals surface area contributed by atoms with E-state index in [4.69, 9.17) is 9.73 Å². The quantitative estimate of drug-likeness (QED) is 0.796. The lowest BCUT2D eigenvalue weighted by molar-refractivity contribution is 0.210. The third kappa shape index (κ3) is 2.37. The summed E-state index contributed by atoms with van der Waals surface area (Å²) < 4.78 is 5.88. The number of nitrogens with zero attached hydrogens (tertiary/aromatic N) is 2. The van der Waals surface area contributed by atoms with Crippen molar-refractivity contribution in [3.63, 3.8) is 0 Å². The molecule has 0 radical (unpaired) electrons. The third-order valence-electron chi connectivity index (χ3n) is 4.24. The Labute approximate surface area is 135 Å². The first-order valence-electron chi connectivity index (χ1n) is 7.54. The molecule has 0 N–H and O–H groups in total. The van der Waals surface area contributed by atoms with Crippen LogP contribution in [-0.2, 0) is 0 Å². The molecule has 0 unspecified atom stereocenters. The fourth-order valence-electron chi connectivity index (χ4n) is 3.00. The summed E-state index contributed by atoms with van der Waals surface area (Å²) in [6.45, 7) is 0.764. The topological polar surface area (TPSA) is 24.8 Å². The van der Waals surface area contributed by atoms with Crippen LogP contribution in [0.4, 0.5) is 5.69 Å². The zero-order valence-corrected chi connectivity index (χ0v) is 13.3. The van der Waals surface area contributed by atoms with Crippen molar-refractivity contribution in [2.24, 2.45) is 10.9 Å². The van der Waals surface area contributed by atoms with E-state index in [1.165, 1.54) is 11.3 Å². The standard InChI is InChI=1S/C18H18N2OS/c1-20(14-7-3-2-4-8-14)18-19-17-13(12-22-18)11-21-16-10-6-5-9-15(16)17/h2-10,13,17H,11-12H2,1H3/t13-,17-/m1/s1. The van der Waals surface area contributed by atoms with Crippen molar-refractivity contribution in [1.29, 1.82) is 0 Å². The van der Waals surface area contributed by atoms with E-state index in [-0.39, 0.29) is 6.04 Å². The molecule has 2 heterocycles. The van der Waals surface area contributed by atoms with Crippen LogP contribution < -0.4 is 9.64 Å². The highest BCUT2D eigenvalue weighted by Gasteiger charge is 2.34. The van der Waals surface area contributed by atoms with Crippen molar-refractivity contribution in [1.82, 2.24) is 0 Å². The maximum absolute atomic E-state index is 5.88. The average molecular weight is 310 g/mol. The lowest BCUT2D eigenvalue weighted by atomic mass is 9.92. The van der Waals surface area contributed by atoms with Crippen LogP contribution in [0.3, 0.4) is 0 Å². The lowest BCUT2D eigenvalue weighted by Crippen LogP contribution is -2.35. The molecule has 0 saturated carbocycles. The van der Waals surface area contributed by atoms with Gasteiger partial charge in [-0.05, 0) is 18.2 Å². The molecule has 0 aliphatic carbocycles. The van der Waals surface area contributed by atoms with Gasteiger partial charge in [-0.3, -0.25) is 4.99 Å². The first-order chi connectivity index (χ1) is 10.8. The molecular formula is C18H18N2OS. The van der Waals surface area contributed by atoms with Crippen LogP contribution in [0.25, 0.3) is 0 Å². The van der Waals surface area contributed by atoms with Crippen molar-refractivity contribution in [2.75, 3.05) is 24.3 Å². The summed E-state index contributed by atoms with van der Waals surface area (Å²) in [5.74, 6) is 2.50. The highest BCUT2D eigenvalue weighted by molar-refractivity contribution is 8.14. The first-order valence-corrected chi connectivity index (χ1v) is 8.52. The number of ether oxygens (including phenoxy) is 1. The second-order valence-corrected chi connectivity index (χ2v) is 6.66. The predicted molar refractivity (Wildman–Crippen MR) is 92.9 cm³/mol. The Morgan fingerprint density at radius 1 is 1.09 bits per heavy atom. The van der Waals surface area contributed by atoms with Gasteiger partial charge in [-0.25, -0.2) is 0 Å². The molecule has 2 aromatic rings. The molecule has 0 bridgehead atoms. The van der Waals surface area contributed by atoms with Gasteiger partial charge in [0, 0.05) is 30.0 Å².